The zero-order chi connectivity index (χ0) is 20.9. The van der Waals surface area contributed by atoms with Crippen LogP contribution in [-0.2, 0) is 19.2 Å². The summed E-state index contributed by atoms with van der Waals surface area (Å²) in [5, 5.41) is 10.2. The molecule has 27 heavy (non-hydrogen) atoms. The number of aliphatic carboxylic acids is 1. The van der Waals surface area contributed by atoms with Crippen LogP contribution in [0.1, 0.15) is 27.7 Å². The molecule has 5 N–H and O–H groups in total. The fourth-order valence-corrected chi connectivity index (χ4v) is 3.47. The highest BCUT2D eigenvalue weighted by atomic mass is 16.4. The Balaban J connectivity index is 4.00. The van der Waals surface area contributed by atoms with Gasteiger partial charge in [0, 0.05) is 5.69 Å². The number of para-hydroxylation sites is 1. The maximum absolute atomic E-state index is 13.0. The van der Waals surface area contributed by atoms with Crippen molar-refractivity contribution < 1.29 is 24.3 Å². The second-order valence-corrected chi connectivity index (χ2v) is 6.83. The minimum Gasteiger partial charge on any atom is -0.479 e. The van der Waals surface area contributed by atoms with E-state index in [0.717, 1.165) is 4.90 Å². The molecule has 0 aliphatic rings. The zero-order valence-electron chi connectivity index (χ0n) is 16.0. The largest absolute Gasteiger partial charge is 0.479 e. The SMILES string of the molecule is CC(=O)C(C(C)C)C(C(=O)O)(C(=O)CN)N(C(=O)C(C)N)c1ccccc1. The molecule has 0 aliphatic heterocycles. The second kappa shape index (κ2) is 8.88. The van der Waals surface area contributed by atoms with E-state index in [2.05, 4.69) is 0 Å². The number of amides is 1. The normalized spacial score (nSPS) is 15.5. The number of hydrogen-bond donors (Lipinski definition) is 3. The minimum atomic E-state index is -2.50. The van der Waals surface area contributed by atoms with Gasteiger partial charge in [-0.3, -0.25) is 19.3 Å². The Morgan fingerprint density at radius 3 is 1.96 bits per heavy atom. The summed E-state index contributed by atoms with van der Waals surface area (Å²) >= 11 is 0. The van der Waals surface area contributed by atoms with Crippen molar-refractivity contribution in [3.8, 4) is 0 Å². The lowest BCUT2D eigenvalue weighted by Gasteiger charge is -2.45. The molecule has 1 aromatic rings. The van der Waals surface area contributed by atoms with Crippen LogP contribution in [0, 0.1) is 11.8 Å². The molecule has 0 spiro atoms. The highest BCUT2D eigenvalue weighted by molar-refractivity contribution is 6.21. The number of carbonyl (C=O) groups excluding carboxylic acids is 3. The van der Waals surface area contributed by atoms with Crippen molar-refractivity contribution in [1.82, 2.24) is 0 Å². The van der Waals surface area contributed by atoms with Crippen LogP contribution in [-0.4, -0.2) is 46.7 Å². The van der Waals surface area contributed by atoms with Crippen LogP contribution in [0.4, 0.5) is 5.69 Å². The average Bonchev–Trinajstić information content (AvgIpc) is 2.59. The first-order valence-electron chi connectivity index (χ1n) is 8.65. The standard InChI is InChI=1S/C19H27N3O5/c1-11(2)16(13(4)23)19(18(26)27,15(24)10-20)22(17(25)12(3)21)14-8-6-5-7-9-14/h5-9,11-12,16H,10,20-21H2,1-4H3,(H,26,27). The van der Waals surface area contributed by atoms with E-state index in [9.17, 15) is 24.3 Å². The van der Waals surface area contributed by atoms with Crippen LogP contribution < -0.4 is 16.4 Å². The van der Waals surface area contributed by atoms with Gasteiger partial charge in [-0.25, -0.2) is 4.79 Å². The van der Waals surface area contributed by atoms with E-state index in [0.29, 0.717) is 0 Å². The number of rotatable bonds is 9. The molecule has 0 radical (unpaired) electrons. The first-order valence-corrected chi connectivity index (χ1v) is 8.65. The molecule has 0 saturated heterocycles. The summed E-state index contributed by atoms with van der Waals surface area (Å²) in [6.07, 6.45) is 0. The van der Waals surface area contributed by atoms with Crippen molar-refractivity contribution in [3.63, 3.8) is 0 Å². The summed E-state index contributed by atoms with van der Waals surface area (Å²) in [6.45, 7) is 5.17. The van der Waals surface area contributed by atoms with Gasteiger partial charge in [-0.15, -0.1) is 0 Å². The Labute approximate surface area is 158 Å². The molecule has 1 rings (SSSR count). The van der Waals surface area contributed by atoms with Gasteiger partial charge in [0.25, 0.3) is 0 Å². The van der Waals surface area contributed by atoms with E-state index >= 15 is 0 Å². The highest BCUT2D eigenvalue weighted by Gasteiger charge is 2.61. The van der Waals surface area contributed by atoms with Crippen LogP contribution in [0.15, 0.2) is 30.3 Å². The molecule has 3 atom stereocenters. The third kappa shape index (κ3) is 4.06. The third-order valence-corrected chi connectivity index (χ3v) is 4.47. The second-order valence-electron chi connectivity index (χ2n) is 6.83. The topological polar surface area (TPSA) is 144 Å². The molecule has 0 aromatic heterocycles. The molecule has 0 fully saturated rings. The maximum Gasteiger partial charge on any atom is 0.338 e. The Kier molecular flexibility index (Phi) is 7.38. The molecular weight excluding hydrogens is 350 g/mol. The van der Waals surface area contributed by atoms with E-state index in [1.54, 1.807) is 32.0 Å². The van der Waals surface area contributed by atoms with Crippen molar-refractivity contribution >= 4 is 29.1 Å². The van der Waals surface area contributed by atoms with Crippen LogP contribution in [0.3, 0.4) is 0 Å². The van der Waals surface area contributed by atoms with Gasteiger partial charge < -0.3 is 16.6 Å². The zero-order valence-corrected chi connectivity index (χ0v) is 16.0. The Bertz CT molecular complexity index is 717. The highest BCUT2D eigenvalue weighted by Crippen LogP contribution is 2.37. The van der Waals surface area contributed by atoms with E-state index in [1.807, 2.05) is 0 Å². The first-order chi connectivity index (χ1) is 12.5. The molecule has 8 heteroatoms. The van der Waals surface area contributed by atoms with Crippen molar-refractivity contribution in [3.05, 3.63) is 30.3 Å². The molecule has 148 valence electrons. The van der Waals surface area contributed by atoms with Crippen LogP contribution in [0.2, 0.25) is 0 Å². The smallest absolute Gasteiger partial charge is 0.338 e. The minimum absolute atomic E-state index is 0.149. The molecule has 0 aliphatic carbocycles. The van der Waals surface area contributed by atoms with E-state index in [-0.39, 0.29) is 5.69 Å². The van der Waals surface area contributed by atoms with Gasteiger partial charge in [-0.2, -0.15) is 0 Å². The quantitative estimate of drug-likeness (QED) is 0.534. The number of carbonyl (C=O) groups is 4. The number of nitrogens with zero attached hydrogens (tertiary/aromatic N) is 1. The summed E-state index contributed by atoms with van der Waals surface area (Å²) in [5.41, 5.74) is 8.94. The van der Waals surface area contributed by atoms with E-state index in [1.165, 1.54) is 26.0 Å². The number of Topliss-reactive ketones (excluding diaryl/α,β-unsaturated/α-hetero) is 2. The summed E-state index contributed by atoms with van der Waals surface area (Å²) in [7, 11) is 0. The molecule has 1 aromatic carbocycles. The Morgan fingerprint density at radius 2 is 1.63 bits per heavy atom. The predicted octanol–water partition coefficient (Wildman–Crippen LogP) is 0.579. The van der Waals surface area contributed by atoms with Gasteiger partial charge in [0.1, 0.15) is 5.78 Å². The van der Waals surface area contributed by atoms with Gasteiger partial charge >= 0.3 is 5.97 Å². The van der Waals surface area contributed by atoms with Gasteiger partial charge in [0.2, 0.25) is 11.4 Å². The fourth-order valence-electron chi connectivity index (χ4n) is 3.47. The summed E-state index contributed by atoms with van der Waals surface area (Å²) in [6, 6.07) is 6.73. The molecule has 8 nitrogen and oxygen atoms in total. The summed E-state index contributed by atoms with van der Waals surface area (Å²) < 4.78 is 0. The van der Waals surface area contributed by atoms with Gasteiger partial charge in [0.15, 0.2) is 5.78 Å². The van der Waals surface area contributed by atoms with Crippen molar-refractivity contribution in [1.29, 1.82) is 0 Å². The molecular formula is C19H27N3O5. The summed E-state index contributed by atoms with van der Waals surface area (Å²) in [5.74, 6) is -5.76. The number of benzene rings is 1. The third-order valence-electron chi connectivity index (χ3n) is 4.47. The van der Waals surface area contributed by atoms with Crippen molar-refractivity contribution in [2.75, 3.05) is 11.4 Å². The lowest BCUT2D eigenvalue weighted by atomic mass is 9.70. The number of ketones is 2. The first kappa shape index (κ1) is 22.5. The Morgan fingerprint density at radius 1 is 1.11 bits per heavy atom. The monoisotopic (exact) mass is 377 g/mol. The number of anilines is 1. The number of carboxylic acid groups (broad SMARTS) is 1. The average molecular weight is 377 g/mol. The lowest BCUT2D eigenvalue weighted by Crippen LogP contribution is -2.71. The molecule has 0 bridgehead atoms. The van der Waals surface area contributed by atoms with E-state index < -0.39 is 53.4 Å². The molecule has 1 amide bonds. The Hall–Kier alpha value is -2.58. The molecule has 0 saturated carbocycles. The van der Waals surface area contributed by atoms with E-state index in [4.69, 9.17) is 11.5 Å². The number of carboxylic acids is 1. The van der Waals surface area contributed by atoms with Gasteiger partial charge in [0.05, 0.1) is 18.5 Å². The maximum atomic E-state index is 13.0. The van der Waals surface area contributed by atoms with Gasteiger partial charge in [-0.1, -0.05) is 32.0 Å². The summed E-state index contributed by atoms with van der Waals surface area (Å²) in [4.78, 5) is 51.8. The van der Waals surface area contributed by atoms with Crippen LogP contribution in [0.25, 0.3) is 0 Å². The van der Waals surface area contributed by atoms with Gasteiger partial charge in [-0.05, 0) is 31.9 Å². The fraction of sp³-hybridized carbons (Fsp3) is 0.474. The van der Waals surface area contributed by atoms with Crippen LogP contribution in [0.5, 0.6) is 0 Å². The molecule has 0 heterocycles. The van der Waals surface area contributed by atoms with Crippen LogP contribution >= 0.6 is 0 Å². The lowest BCUT2D eigenvalue weighted by molar-refractivity contribution is -0.156. The van der Waals surface area contributed by atoms with Crippen molar-refractivity contribution in [2.45, 2.75) is 39.3 Å². The number of nitrogens with two attached hydrogens (primary N) is 2. The number of hydrogen-bond acceptors (Lipinski definition) is 6. The molecule has 3 unspecified atom stereocenters. The predicted molar refractivity (Wildman–Crippen MR) is 101 cm³/mol. The van der Waals surface area contributed by atoms with Crippen molar-refractivity contribution in [2.24, 2.45) is 23.3 Å².